The molecular formula is C21H23FN2O3. The van der Waals surface area contributed by atoms with Crippen LogP contribution in [0.4, 0.5) is 10.1 Å². The number of rotatable bonds is 5. The number of ether oxygens (including phenoxy) is 1. The van der Waals surface area contributed by atoms with Crippen molar-refractivity contribution in [3.05, 3.63) is 65.5 Å². The summed E-state index contributed by atoms with van der Waals surface area (Å²) in [4.78, 5) is 26.1. The number of halogens is 1. The fraction of sp³-hybridized carbons (Fsp3) is 0.333. The summed E-state index contributed by atoms with van der Waals surface area (Å²) in [6.45, 7) is 4.85. The fourth-order valence-corrected chi connectivity index (χ4v) is 2.95. The Morgan fingerprint density at radius 3 is 2.48 bits per heavy atom. The third-order valence-electron chi connectivity index (χ3n) is 4.60. The zero-order valence-electron chi connectivity index (χ0n) is 15.4. The zero-order valence-corrected chi connectivity index (χ0v) is 15.4. The number of carbonyl (C=O) groups excluding carboxylic acids is 2. The molecule has 2 amide bonds. The molecule has 1 atom stereocenters. The van der Waals surface area contributed by atoms with Crippen molar-refractivity contribution in [2.45, 2.75) is 25.9 Å². The van der Waals surface area contributed by atoms with Crippen molar-refractivity contribution in [2.24, 2.45) is 0 Å². The van der Waals surface area contributed by atoms with E-state index in [-0.39, 0.29) is 36.9 Å². The second-order valence-corrected chi connectivity index (χ2v) is 6.90. The van der Waals surface area contributed by atoms with Crippen LogP contribution >= 0.6 is 0 Å². The van der Waals surface area contributed by atoms with Gasteiger partial charge >= 0.3 is 0 Å². The Morgan fingerprint density at radius 1 is 1.19 bits per heavy atom. The van der Waals surface area contributed by atoms with Gasteiger partial charge in [0.2, 0.25) is 0 Å². The Balaban J connectivity index is 1.60. The molecule has 1 N–H and O–H groups in total. The standard InChI is InChI=1S/C21H23FN2O3/c1-14(2)15-5-9-18(10-6-15)24-12-19(27-13-20(24)25)11-23-21(26)16-3-7-17(22)8-4-16/h3-10,14,19H,11-13H2,1-2H3,(H,23,26). The molecule has 6 heteroatoms. The minimum Gasteiger partial charge on any atom is -0.365 e. The van der Waals surface area contributed by atoms with Crippen molar-refractivity contribution in [3.8, 4) is 0 Å². The topological polar surface area (TPSA) is 58.6 Å². The Labute approximate surface area is 158 Å². The maximum Gasteiger partial charge on any atom is 0.253 e. The van der Waals surface area contributed by atoms with Crippen LogP contribution < -0.4 is 10.2 Å². The predicted molar refractivity (Wildman–Crippen MR) is 101 cm³/mol. The molecule has 0 spiro atoms. The van der Waals surface area contributed by atoms with Gasteiger partial charge in [0, 0.05) is 17.8 Å². The molecule has 0 aromatic heterocycles. The molecule has 0 bridgehead atoms. The Kier molecular flexibility index (Phi) is 5.86. The lowest BCUT2D eigenvalue weighted by atomic mass is 10.0. The number of benzene rings is 2. The van der Waals surface area contributed by atoms with Crippen LogP contribution in [0.25, 0.3) is 0 Å². The number of hydrogen-bond acceptors (Lipinski definition) is 3. The molecule has 142 valence electrons. The van der Waals surface area contributed by atoms with Crippen molar-refractivity contribution in [1.82, 2.24) is 5.32 Å². The minimum atomic E-state index is -0.389. The fourth-order valence-electron chi connectivity index (χ4n) is 2.95. The number of morpholine rings is 1. The van der Waals surface area contributed by atoms with Crippen LogP contribution in [0.15, 0.2) is 48.5 Å². The van der Waals surface area contributed by atoms with Crippen LogP contribution in [-0.4, -0.2) is 37.6 Å². The first kappa shape index (κ1) is 19.0. The third kappa shape index (κ3) is 4.71. The molecule has 1 aliphatic heterocycles. The van der Waals surface area contributed by atoms with Crippen LogP contribution in [0.3, 0.4) is 0 Å². The van der Waals surface area contributed by atoms with Crippen molar-refractivity contribution in [2.75, 3.05) is 24.6 Å². The number of nitrogens with zero attached hydrogens (tertiary/aromatic N) is 1. The molecule has 0 radical (unpaired) electrons. The molecule has 1 fully saturated rings. The van der Waals surface area contributed by atoms with Crippen LogP contribution in [-0.2, 0) is 9.53 Å². The molecule has 1 unspecified atom stereocenters. The van der Waals surface area contributed by atoms with Gasteiger partial charge in [-0.2, -0.15) is 0 Å². The number of hydrogen-bond donors (Lipinski definition) is 1. The summed E-state index contributed by atoms with van der Waals surface area (Å²) in [6.07, 6.45) is -0.308. The molecule has 1 aliphatic rings. The van der Waals surface area contributed by atoms with E-state index in [1.807, 2.05) is 24.3 Å². The van der Waals surface area contributed by atoms with E-state index in [0.29, 0.717) is 18.0 Å². The van der Waals surface area contributed by atoms with Crippen molar-refractivity contribution in [3.63, 3.8) is 0 Å². The van der Waals surface area contributed by atoms with Gasteiger partial charge in [-0.3, -0.25) is 9.59 Å². The summed E-state index contributed by atoms with van der Waals surface area (Å²) in [5.74, 6) is -0.370. The highest BCUT2D eigenvalue weighted by Crippen LogP contribution is 2.22. The average Bonchev–Trinajstić information content (AvgIpc) is 2.67. The van der Waals surface area contributed by atoms with Crippen molar-refractivity contribution < 1.29 is 18.7 Å². The Hall–Kier alpha value is -2.73. The van der Waals surface area contributed by atoms with Crippen molar-refractivity contribution >= 4 is 17.5 Å². The zero-order chi connectivity index (χ0) is 19.4. The van der Waals surface area contributed by atoms with Gasteiger partial charge in [-0.05, 0) is 47.9 Å². The summed E-state index contributed by atoms with van der Waals surface area (Å²) < 4.78 is 18.5. The van der Waals surface area contributed by atoms with Gasteiger partial charge in [-0.1, -0.05) is 26.0 Å². The van der Waals surface area contributed by atoms with Crippen LogP contribution in [0, 0.1) is 5.82 Å². The second kappa shape index (κ2) is 8.31. The SMILES string of the molecule is CC(C)c1ccc(N2CC(CNC(=O)c3ccc(F)cc3)OCC2=O)cc1. The van der Waals surface area contributed by atoms with Gasteiger partial charge < -0.3 is 15.0 Å². The Morgan fingerprint density at radius 2 is 1.85 bits per heavy atom. The van der Waals surface area contributed by atoms with Gasteiger partial charge in [0.15, 0.2) is 0 Å². The highest BCUT2D eigenvalue weighted by atomic mass is 19.1. The number of nitrogens with one attached hydrogen (secondary N) is 1. The third-order valence-corrected chi connectivity index (χ3v) is 4.60. The second-order valence-electron chi connectivity index (χ2n) is 6.90. The molecule has 2 aromatic rings. The molecule has 2 aromatic carbocycles. The highest BCUT2D eigenvalue weighted by molar-refractivity contribution is 5.95. The monoisotopic (exact) mass is 370 g/mol. The first-order chi connectivity index (χ1) is 12.9. The minimum absolute atomic E-state index is 0.0248. The van der Waals surface area contributed by atoms with Crippen LogP contribution in [0.1, 0.15) is 35.7 Å². The summed E-state index contributed by atoms with van der Waals surface area (Å²) in [5.41, 5.74) is 2.41. The smallest absolute Gasteiger partial charge is 0.253 e. The molecule has 1 heterocycles. The largest absolute Gasteiger partial charge is 0.365 e. The van der Waals surface area contributed by atoms with E-state index in [1.165, 1.54) is 29.8 Å². The van der Waals surface area contributed by atoms with Crippen LogP contribution in [0.2, 0.25) is 0 Å². The molecule has 27 heavy (non-hydrogen) atoms. The number of carbonyl (C=O) groups is 2. The maximum absolute atomic E-state index is 12.9. The van der Waals surface area contributed by atoms with E-state index in [4.69, 9.17) is 4.74 Å². The lowest BCUT2D eigenvalue weighted by Crippen LogP contribution is -2.50. The van der Waals surface area contributed by atoms with Gasteiger partial charge in [0.05, 0.1) is 12.6 Å². The van der Waals surface area contributed by atoms with Crippen molar-refractivity contribution in [1.29, 1.82) is 0 Å². The van der Waals surface area contributed by atoms with Gasteiger partial charge in [0.25, 0.3) is 11.8 Å². The van der Waals surface area contributed by atoms with Gasteiger partial charge in [-0.15, -0.1) is 0 Å². The molecule has 1 saturated heterocycles. The molecule has 0 aliphatic carbocycles. The summed E-state index contributed by atoms with van der Waals surface area (Å²) in [7, 11) is 0. The lowest BCUT2D eigenvalue weighted by molar-refractivity contribution is -0.129. The molecule has 0 saturated carbocycles. The van der Waals surface area contributed by atoms with E-state index >= 15 is 0 Å². The maximum atomic E-state index is 12.9. The van der Waals surface area contributed by atoms with Gasteiger partial charge in [0.1, 0.15) is 12.4 Å². The average molecular weight is 370 g/mol. The van der Waals surface area contributed by atoms with E-state index in [1.54, 1.807) is 4.90 Å². The number of amides is 2. The summed E-state index contributed by atoms with van der Waals surface area (Å²) in [5, 5.41) is 2.77. The van der Waals surface area contributed by atoms with E-state index in [2.05, 4.69) is 19.2 Å². The van der Waals surface area contributed by atoms with E-state index < -0.39 is 0 Å². The molecule has 5 nitrogen and oxygen atoms in total. The summed E-state index contributed by atoms with van der Waals surface area (Å²) >= 11 is 0. The van der Waals surface area contributed by atoms with E-state index in [0.717, 1.165) is 5.69 Å². The predicted octanol–water partition coefficient (Wildman–Crippen LogP) is 3.11. The quantitative estimate of drug-likeness (QED) is 0.880. The normalized spacial score (nSPS) is 17.3. The number of anilines is 1. The lowest BCUT2D eigenvalue weighted by Gasteiger charge is -2.33. The first-order valence-electron chi connectivity index (χ1n) is 8.99. The molecular weight excluding hydrogens is 347 g/mol. The highest BCUT2D eigenvalue weighted by Gasteiger charge is 2.27. The Bertz CT molecular complexity index is 803. The van der Waals surface area contributed by atoms with E-state index in [9.17, 15) is 14.0 Å². The van der Waals surface area contributed by atoms with Gasteiger partial charge in [-0.25, -0.2) is 4.39 Å². The molecule has 3 rings (SSSR count). The van der Waals surface area contributed by atoms with Crippen LogP contribution in [0.5, 0.6) is 0 Å². The first-order valence-corrected chi connectivity index (χ1v) is 8.99. The summed E-state index contributed by atoms with van der Waals surface area (Å²) in [6, 6.07) is 13.3.